The van der Waals surface area contributed by atoms with Crippen molar-refractivity contribution in [1.29, 1.82) is 0 Å². The van der Waals surface area contributed by atoms with Gasteiger partial charge in [-0.3, -0.25) is 4.79 Å². The van der Waals surface area contributed by atoms with E-state index in [9.17, 15) is 9.59 Å². The second-order valence-corrected chi connectivity index (χ2v) is 7.30. The number of carbonyl (C=O) groups excluding carboxylic acids is 2. The first-order valence-corrected chi connectivity index (χ1v) is 9.80. The van der Waals surface area contributed by atoms with Crippen LogP contribution >= 0.6 is 22.7 Å². The van der Waals surface area contributed by atoms with Gasteiger partial charge in [-0.05, 0) is 42.8 Å². The second-order valence-electron chi connectivity index (χ2n) is 5.41. The smallest absolute Gasteiger partial charge is 0.338 e. The van der Waals surface area contributed by atoms with Gasteiger partial charge in [0.25, 0.3) is 0 Å². The molecule has 0 amide bonds. The summed E-state index contributed by atoms with van der Waals surface area (Å²) in [6, 6.07) is 10.3. The maximum absolute atomic E-state index is 12.1. The molecule has 0 radical (unpaired) electrons. The summed E-state index contributed by atoms with van der Waals surface area (Å²) in [4.78, 5) is 30.0. The van der Waals surface area contributed by atoms with Gasteiger partial charge in [0.2, 0.25) is 5.78 Å². The zero-order chi connectivity index (χ0) is 18.4. The quantitative estimate of drug-likeness (QED) is 0.424. The Labute approximate surface area is 159 Å². The molecule has 2 heterocycles. The monoisotopic (exact) mass is 387 g/mol. The SMILES string of the molecule is CCc1ccc(C(=O)COC(=O)c2ccc(OCc3cscn3)cc2)s1. The number of thiophene rings is 1. The number of thiazole rings is 1. The number of nitrogens with zero attached hydrogens (tertiary/aromatic N) is 1. The minimum Gasteiger partial charge on any atom is -0.487 e. The Morgan fingerprint density at radius 3 is 2.58 bits per heavy atom. The van der Waals surface area contributed by atoms with Gasteiger partial charge in [-0.15, -0.1) is 22.7 Å². The lowest BCUT2D eigenvalue weighted by molar-refractivity contribution is 0.0476. The van der Waals surface area contributed by atoms with Crippen molar-refractivity contribution in [2.24, 2.45) is 0 Å². The molecule has 0 bridgehead atoms. The highest BCUT2D eigenvalue weighted by Crippen LogP contribution is 2.18. The van der Waals surface area contributed by atoms with E-state index in [1.165, 1.54) is 22.7 Å². The minimum atomic E-state index is -0.531. The van der Waals surface area contributed by atoms with Gasteiger partial charge in [0.15, 0.2) is 6.61 Å². The number of rotatable bonds is 8. The maximum Gasteiger partial charge on any atom is 0.338 e. The Morgan fingerprint density at radius 2 is 1.92 bits per heavy atom. The van der Waals surface area contributed by atoms with Crippen molar-refractivity contribution in [2.75, 3.05) is 6.61 Å². The Hall–Kier alpha value is -2.51. The number of ketones is 1. The Kier molecular flexibility index (Phi) is 6.14. The first-order chi connectivity index (χ1) is 12.7. The summed E-state index contributed by atoms with van der Waals surface area (Å²) >= 11 is 2.94. The summed E-state index contributed by atoms with van der Waals surface area (Å²) < 4.78 is 10.7. The largest absolute Gasteiger partial charge is 0.487 e. The van der Waals surface area contributed by atoms with E-state index in [1.54, 1.807) is 35.8 Å². The molecule has 7 heteroatoms. The van der Waals surface area contributed by atoms with Gasteiger partial charge in [-0.1, -0.05) is 6.92 Å². The minimum absolute atomic E-state index is 0.189. The van der Waals surface area contributed by atoms with Crippen LogP contribution in [0.15, 0.2) is 47.3 Å². The van der Waals surface area contributed by atoms with E-state index in [-0.39, 0.29) is 12.4 Å². The molecule has 2 aromatic heterocycles. The van der Waals surface area contributed by atoms with Crippen molar-refractivity contribution in [2.45, 2.75) is 20.0 Å². The number of hydrogen-bond donors (Lipinski definition) is 0. The molecule has 0 aliphatic rings. The Morgan fingerprint density at radius 1 is 1.12 bits per heavy atom. The van der Waals surface area contributed by atoms with Gasteiger partial charge in [0.1, 0.15) is 12.4 Å². The molecule has 0 aliphatic carbocycles. The van der Waals surface area contributed by atoms with Crippen LogP contribution in [-0.4, -0.2) is 23.3 Å². The fourth-order valence-electron chi connectivity index (χ4n) is 2.16. The van der Waals surface area contributed by atoms with E-state index in [4.69, 9.17) is 9.47 Å². The van der Waals surface area contributed by atoms with E-state index >= 15 is 0 Å². The van der Waals surface area contributed by atoms with Crippen LogP contribution in [0.1, 0.15) is 37.5 Å². The number of carbonyl (C=O) groups is 2. The zero-order valence-corrected chi connectivity index (χ0v) is 15.8. The van der Waals surface area contributed by atoms with Crippen LogP contribution in [0, 0.1) is 0 Å². The molecule has 0 spiro atoms. The van der Waals surface area contributed by atoms with E-state index in [2.05, 4.69) is 4.98 Å². The predicted octanol–water partition coefficient (Wildman–Crippen LogP) is 4.39. The highest BCUT2D eigenvalue weighted by atomic mass is 32.1. The van der Waals surface area contributed by atoms with Gasteiger partial charge >= 0.3 is 5.97 Å². The van der Waals surface area contributed by atoms with Crippen molar-refractivity contribution >= 4 is 34.4 Å². The number of hydrogen-bond acceptors (Lipinski definition) is 7. The van der Waals surface area contributed by atoms with Crippen molar-refractivity contribution in [3.63, 3.8) is 0 Å². The van der Waals surface area contributed by atoms with Crippen molar-refractivity contribution in [3.8, 4) is 5.75 Å². The lowest BCUT2D eigenvalue weighted by Gasteiger charge is -2.06. The molecular weight excluding hydrogens is 370 g/mol. The highest BCUT2D eigenvalue weighted by Gasteiger charge is 2.13. The van der Waals surface area contributed by atoms with Crippen LogP contribution in [-0.2, 0) is 17.8 Å². The van der Waals surface area contributed by atoms with E-state index in [0.717, 1.165) is 17.0 Å². The average Bonchev–Trinajstić information content (AvgIpc) is 3.36. The van der Waals surface area contributed by atoms with Gasteiger partial charge in [0.05, 0.1) is 21.6 Å². The molecule has 134 valence electrons. The van der Waals surface area contributed by atoms with Crippen LogP contribution in [0.5, 0.6) is 5.75 Å². The third-order valence-corrected chi connectivity index (χ3v) is 5.49. The van der Waals surface area contributed by atoms with Gasteiger partial charge < -0.3 is 9.47 Å². The fourth-order valence-corrected chi connectivity index (χ4v) is 3.57. The van der Waals surface area contributed by atoms with Gasteiger partial charge in [-0.25, -0.2) is 9.78 Å². The predicted molar refractivity (Wildman–Crippen MR) is 101 cm³/mol. The summed E-state index contributed by atoms with van der Waals surface area (Å²) in [5.41, 5.74) is 2.98. The highest BCUT2D eigenvalue weighted by molar-refractivity contribution is 7.14. The molecule has 0 saturated carbocycles. The van der Waals surface area contributed by atoms with Crippen LogP contribution in [0.25, 0.3) is 0 Å². The molecule has 0 aliphatic heterocycles. The number of esters is 1. The van der Waals surface area contributed by atoms with E-state index in [0.29, 0.717) is 22.8 Å². The molecule has 0 fully saturated rings. The first kappa shape index (κ1) is 18.3. The maximum atomic E-state index is 12.1. The number of aromatic nitrogens is 1. The van der Waals surface area contributed by atoms with Crippen LogP contribution in [0.3, 0.4) is 0 Å². The van der Waals surface area contributed by atoms with Crippen LogP contribution < -0.4 is 4.74 Å². The van der Waals surface area contributed by atoms with Crippen molar-refractivity contribution in [1.82, 2.24) is 4.98 Å². The molecule has 1 aromatic carbocycles. The number of benzene rings is 1. The summed E-state index contributed by atoms with van der Waals surface area (Å²) in [5.74, 6) is -0.0840. The third kappa shape index (κ3) is 4.77. The lowest BCUT2D eigenvalue weighted by Crippen LogP contribution is -2.13. The molecule has 0 saturated heterocycles. The Balaban J connectivity index is 1.50. The lowest BCUT2D eigenvalue weighted by atomic mass is 10.2. The number of ether oxygens (including phenoxy) is 2. The molecule has 0 N–H and O–H groups in total. The van der Waals surface area contributed by atoms with Gasteiger partial charge in [-0.2, -0.15) is 0 Å². The summed E-state index contributed by atoms with van der Waals surface area (Å²) in [5, 5.41) is 1.92. The summed E-state index contributed by atoms with van der Waals surface area (Å²) in [6.45, 7) is 2.15. The zero-order valence-electron chi connectivity index (χ0n) is 14.1. The topological polar surface area (TPSA) is 65.5 Å². The van der Waals surface area contributed by atoms with Crippen molar-refractivity contribution in [3.05, 3.63) is 68.3 Å². The molecule has 0 atom stereocenters. The average molecular weight is 387 g/mol. The van der Waals surface area contributed by atoms with Crippen LogP contribution in [0.4, 0.5) is 0 Å². The standard InChI is InChI=1S/C19H17NO4S2/c1-2-16-7-8-18(26-16)17(21)10-24-19(22)13-3-5-15(6-4-13)23-9-14-11-25-12-20-14/h3-8,11-12H,2,9-10H2,1H3. The molecule has 5 nitrogen and oxygen atoms in total. The summed E-state index contributed by atoms with van der Waals surface area (Å²) in [6.07, 6.45) is 0.884. The first-order valence-electron chi connectivity index (χ1n) is 8.04. The van der Waals surface area contributed by atoms with Crippen LogP contribution in [0.2, 0.25) is 0 Å². The summed E-state index contributed by atoms with van der Waals surface area (Å²) in [7, 11) is 0. The molecule has 3 rings (SSSR count). The van der Waals surface area contributed by atoms with Gasteiger partial charge in [0, 0.05) is 10.3 Å². The fraction of sp³-hybridized carbons (Fsp3) is 0.211. The molecular formula is C19H17NO4S2. The number of aryl methyl sites for hydroxylation is 1. The molecule has 26 heavy (non-hydrogen) atoms. The van der Waals surface area contributed by atoms with E-state index < -0.39 is 5.97 Å². The molecule has 0 unspecified atom stereocenters. The van der Waals surface area contributed by atoms with E-state index in [1.807, 2.05) is 18.4 Å². The second kappa shape index (κ2) is 8.73. The third-order valence-electron chi connectivity index (χ3n) is 3.58. The Bertz CT molecular complexity index is 869. The number of Topliss-reactive ketones (excluding diaryl/α,β-unsaturated/α-hetero) is 1. The normalized spacial score (nSPS) is 10.5. The molecule has 3 aromatic rings. The van der Waals surface area contributed by atoms with Crippen molar-refractivity contribution < 1.29 is 19.1 Å².